The first kappa shape index (κ1) is 17.6. The highest BCUT2D eigenvalue weighted by molar-refractivity contribution is 7.99. The Hall–Kier alpha value is -0.730. The molecule has 0 aromatic heterocycles. The molecule has 0 N–H and O–H groups in total. The van der Waals surface area contributed by atoms with Gasteiger partial charge < -0.3 is 0 Å². The number of benzene rings is 1. The highest BCUT2D eigenvalue weighted by Gasteiger charge is 2.13. The largest absolute Gasteiger partial charge is 0.300 e. The van der Waals surface area contributed by atoms with E-state index in [1.54, 1.807) is 0 Å². The zero-order valence-corrected chi connectivity index (χ0v) is 15.2. The maximum Gasteiger partial charge on any atom is 0.0166 e. The molecule has 1 aliphatic rings. The Morgan fingerprint density at radius 2 is 1.86 bits per heavy atom. The molecule has 0 saturated carbocycles. The van der Waals surface area contributed by atoms with Crippen molar-refractivity contribution in [2.24, 2.45) is 11.8 Å². The second-order valence-electron chi connectivity index (χ2n) is 6.99. The Bertz CT molecular complexity index is 441. The van der Waals surface area contributed by atoms with Gasteiger partial charge in [0.2, 0.25) is 0 Å². The van der Waals surface area contributed by atoms with Crippen LogP contribution in [0.25, 0.3) is 6.08 Å². The minimum Gasteiger partial charge on any atom is -0.300 e. The molecule has 0 spiro atoms. The van der Waals surface area contributed by atoms with Crippen LogP contribution in [0.2, 0.25) is 0 Å². The number of nitrogens with zero attached hydrogens (tertiary/aromatic N) is 1. The van der Waals surface area contributed by atoms with E-state index in [-0.39, 0.29) is 0 Å². The van der Waals surface area contributed by atoms with Crippen LogP contribution in [0.1, 0.15) is 45.6 Å². The van der Waals surface area contributed by atoms with Crippen molar-refractivity contribution in [1.82, 2.24) is 4.90 Å². The fourth-order valence-corrected chi connectivity index (χ4v) is 3.82. The molecular formula is C20H31NS. The molecule has 1 fully saturated rings. The summed E-state index contributed by atoms with van der Waals surface area (Å²) in [6.45, 7) is 10.6. The lowest BCUT2D eigenvalue weighted by Crippen LogP contribution is -2.32. The molecule has 2 rings (SSSR count). The molecule has 0 bridgehead atoms. The van der Waals surface area contributed by atoms with Gasteiger partial charge in [-0.3, -0.25) is 4.90 Å². The number of rotatable bonds is 7. The van der Waals surface area contributed by atoms with Crippen LogP contribution >= 0.6 is 11.8 Å². The lowest BCUT2D eigenvalue weighted by Gasteiger charge is -2.29. The van der Waals surface area contributed by atoms with Crippen molar-refractivity contribution in [2.45, 2.75) is 44.9 Å². The van der Waals surface area contributed by atoms with E-state index in [0.717, 1.165) is 18.4 Å². The van der Waals surface area contributed by atoms with E-state index >= 15 is 0 Å². The molecule has 22 heavy (non-hydrogen) atoms. The van der Waals surface area contributed by atoms with E-state index in [2.05, 4.69) is 62.1 Å². The molecule has 1 saturated heterocycles. The van der Waals surface area contributed by atoms with Crippen LogP contribution in [0.15, 0.2) is 35.2 Å². The summed E-state index contributed by atoms with van der Waals surface area (Å²) in [5.41, 5.74) is 1.32. The van der Waals surface area contributed by atoms with Crippen LogP contribution in [0, 0.1) is 11.8 Å². The first-order chi connectivity index (χ1) is 10.6. The summed E-state index contributed by atoms with van der Waals surface area (Å²) in [7, 11) is 0. The zero-order valence-electron chi connectivity index (χ0n) is 14.4. The Morgan fingerprint density at radius 3 is 2.50 bits per heavy atom. The van der Waals surface area contributed by atoms with E-state index in [0.29, 0.717) is 0 Å². The van der Waals surface area contributed by atoms with Crippen molar-refractivity contribution in [1.29, 1.82) is 0 Å². The van der Waals surface area contributed by atoms with Crippen LogP contribution in [0.4, 0.5) is 0 Å². The molecule has 0 unspecified atom stereocenters. The summed E-state index contributed by atoms with van der Waals surface area (Å²) < 4.78 is 0. The van der Waals surface area contributed by atoms with E-state index in [9.17, 15) is 0 Å². The molecular weight excluding hydrogens is 286 g/mol. The molecule has 0 amide bonds. The van der Waals surface area contributed by atoms with Gasteiger partial charge in [-0.2, -0.15) is 0 Å². The maximum absolute atomic E-state index is 2.56. The van der Waals surface area contributed by atoms with E-state index < -0.39 is 0 Å². The van der Waals surface area contributed by atoms with Crippen molar-refractivity contribution < 1.29 is 0 Å². The first-order valence-corrected chi connectivity index (χ1v) is 9.74. The lowest BCUT2D eigenvalue weighted by atomic mass is 9.99. The third-order valence-corrected chi connectivity index (χ3v) is 5.44. The summed E-state index contributed by atoms with van der Waals surface area (Å²) in [4.78, 5) is 3.95. The number of hydrogen-bond acceptors (Lipinski definition) is 2. The van der Waals surface area contributed by atoms with Crippen LogP contribution in [-0.4, -0.2) is 30.3 Å². The van der Waals surface area contributed by atoms with Gasteiger partial charge in [-0.1, -0.05) is 45.1 Å². The topological polar surface area (TPSA) is 3.24 Å². The summed E-state index contributed by atoms with van der Waals surface area (Å²) >= 11 is 1.97. The van der Waals surface area contributed by atoms with Gasteiger partial charge in [0.1, 0.15) is 0 Å². The molecule has 122 valence electrons. The summed E-state index contributed by atoms with van der Waals surface area (Å²) in [5, 5.41) is 0. The minimum absolute atomic E-state index is 0.799. The van der Waals surface area contributed by atoms with Gasteiger partial charge in [-0.15, -0.1) is 11.8 Å². The van der Waals surface area contributed by atoms with Crippen LogP contribution in [0.3, 0.4) is 0 Å². The number of likely N-dealkylation sites (tertiary alicyclic amines) is 1. The van der Waals surface area contributed by atoms with Gasteiger partial charge in [-0.25, -0.2) is 0 Å². The molecule has 0 aliphatic carbocycles. The molecule has 1 heterocycles. The highest BCUT2D eigenvalue weighted by Crippen LogP contribution is 2.21. The van der Waals surface area contributed by atoms with Gasteiger partial charge >= 0.3 is 0 Å². The van der Waals surface area contributed by atoms with Gasteiger partial charge in [-0.05, 0) is 67.6 Å². The quantitative estimate of drug-likeness (QED) is 0.605. The van der Waals surface area contributed by atoms with Crippen molar-refractivity contribution in [3.8, 4) is 0 Å². The molecule has 0 atom stereocenters. The number of hydrogen-bond donors (Lipinski definition) is 0. The Morgan fingerprint density at radius 1 is 1.18 bits per heavy atom. The first-order valence-electron chi connectivity index (χ1n) is 8.75. The number of thioether (sulfide) groups is 1. The molecule has 1 aliphatic heterocycles. The third-order valence-electron chi connectivity index (χ3n) is 4.39. The predicted molar refractivity (Wildman–Crippen MR) is 100 cm³/mol. The fraction of sp³-hybridized carbons (Fsp3) is 0.600. The normalized spacial score (nSPS) is 17.6. The SMILES string of the molecule is CC(C)CCSc1ccc(C=CCN2CCC(C)CC2)cc1. The lowest BCUT2D eigenvalue weighted by molar-refractivity contribution is 0.210. The maximum atomic E-state index is 2.56. The summed E-state index contributed by atoms with van der Waals surface area (Å²) in [6, 6.07) is 9.00. The molecule has 1 aromatic carbocycles. The third kappa shape index (κ3) is 6.58. The van der Waals surface area contributed by atoms with E-state index in [4.69, 9.17) is 0 Å². The van der Waals surface area contributed by atoms with Crippen molar-refractivity contribution in [3.05, 3.63) is 35.9 Å². The van der Waals surface area contributed by atoms with Gasteiger partial charge in [0.05, 0.1) is 0 Å². The molecule has 1 nitrogen and oxygen atoms in total. The van der Waals surface area contributed by atoms with Crippen molar-refractivity contribution in [3.63, 3.8) is 0 Å². The average molecular weight is 318 g/mol. The number of piperidine rings is 1. The van der Waals surface area contributed by atoms with E-state index in [1.807, 2.05) is 11.8 Å². The summed E-state index contributed by atoms with van der Waals surface area (Å²) in [6.07, 6.45) is 8.59. The second kappa shape index (κ2) is 9.42. The molecule has 0 radical (unpaired) electrons. The highest BCUT2D eigenvalue weighted by atomic mass is 32.2. The minimum atomic E-state index is 0.799. The van der Waals surface area contributed by atoms with Gasteiger partial charge in [0.25, 0.3) is 0 Å². The van der Waals surface area contributed by atoms with Gasteiger partial charge in [0.15, 0.2) is 0 Å². The summed E-state index contributed by atoms with van der Waals surface area (Å²) in [5.74, 6) is 2.94. The van der Waals surface area contributed by atoms with Crippen LogP contribution < -0.4 is 0 Å². The van der Waals surface area contributed by atoms with E-state index in [1.165, 1.54) is 48.6 Å². The molecule has 2 heteroatoms. The standard InChI is InChI=1S/C20H31NS/c1-17(2)12-16-22-20-8-6-19(7-9-20)5-4-13-21-14-10-18(3)11-15-21/h4-9,17-18H,10-16H2,1-3H3. The van der Waals surface area contributed by atoms with Crippen LogP contribution in [-0.2, 0) is 0 Å². The monoisotopic (exact) mass is 317 g/mol. The fourth-order valence-electron chi connectivity index (χ4n) is 2.67. The predicted octanol–water partition coefficient (Wildman–Crippen LogP) is 5.57. The van der Waals surface area contributed by atoms with Gasteiger partial charge in [0, 0.05) is 11.4 Å². The molecule has 1 aromatic rings. The zero-order chi connectivity index (χ0) is 15.8. The van der Waals surface area contributed by atoms with Crippen molar-refractivity contribution in [2.75, 3.05) is 25.4 Å². The Balaban J connectivity index is 1.72. The Kier molecular flexibility index (Phi) is 7.54. The average Bonchev–Trinajstić information content (AvgIpc) is 2.50. The second-order valence-corrected chi connectivity index (χ2v) is 8.15. The van der Waals surface area contributed by atoms with Crippen molar-refractivity contribution >= 4 is 17.8 Å². The van der Waals surface area contributed by atoms with Crippen LogP contribution in [0.5, 0.6) is 0 Å². The Labute approximate surface area is 141 Å². The smallest absolute Gasteiger partial charge is 0.0166 e.